The van der Waals surface area contributed by atoms with E-state index in [4.69, 9.17) is 0 Å². The lowest BCUT2D eigenvalue weighted by molar-refractivity contribution is 0.716. The molecule has 0 amide bonds. The second kappa shape index (κ2) is 9.78. The van der Waals surface area contributed by atoms with Crippen molar-refractivity contribution in [2.24, 2.45) is 0 Å². The Morgan fingerprint density at radius 3 is 2.38 bits per heavy atom. The van der Waals surface area contributed by atoms with Gasteiger partial charge in [0.25, 0.3) is 0 Å². The maximum absolute atomic E-state index is 3.95. The van der Waals surface area contributed by atoms with Gasteiger partial charge in [0.05, 0.1) is 0 Å². The molecule has 1 heterocycles. The monoisotopic (exact) mass is 222 g/mol. The van der Waals surface area contributed by atoms with Crippen molar-refractivity contribution in [3.05, 3.63) is 30.1 Å². The minimum absolute atomic E-state index is 0. The van der Waals surface area contributed by atoms with Crippen molar-refractivity contribution in [3.8, 4) is 0 Å². The van der Waals surface area contributed by atoms with E-state index in [1.54, 1.807) is 0 Å². The second-order valence-corrected chi connectivity index (χ2v) is 2.46. The van der Waals surface area contributed by atoms with Crippen molar-refractivity contribution in [1.82, 2.24) is 10.3 Å². The molecule has 0 aromatic carbocycles. The average Bonchev–Trinajstić information content (AvgIpc) is 2.07. The van der Waals surface area contributed by atoms with Gasteiger partial charge in [-0.3, -0.25) is 4.98 Å². The van der Waals surface area contributed by atoms with Gasteiger partial charge in [0, 0.05) is 12.4 Å². The van der Waals surface area contributed by atoms with Gasteiger partial charge >= 0.3 is 0 Å². The molecule has 1 rings (SSSR count). The van der Waals surface area contributed by atoms with Gasteiger partial charge < -0.3 is 5.32 Å². The Morgan fingerprint density at radius 1 is 1.23 bits per heavy atom. The highest BCUT2D eigenvalue weighted by Gasteiger charge is 1.88. The third-order valence-electron chi connectivity index (χ3n) is 1.59. The van der Waals surface area contributed by atoms with E-state index in [2.05, 4.69) is 29.4 Å². The summed E-state index contributed by atoms with van der Waals surface area (Å²) in [5.41, 5.74) is 1.35. The minimum Gasteiger partial charge on any atom is -0.317 e. The number of hydrogen-bond acceptors (Lipinski definition) is 2. The number of nitrogens with zero attached hydrogens (tertiary/aromatic N) is 1. The first-order chi connectivity index (χ1) is 5.43. The van der Waals surface area contributed by atoms with Crippen LogP contribution in [0.4, 0.5) is 0 Å². The van der Waals surface area contributed by atoms with E-state index >= 15 is 0 Å². The average molecular weight is 223 g/mol. The third-order valence-corrected chi connectivity index (χ3v) is 1.59. The van der Waals surface area contributed by atoms with E-state index in [0.29, 0.717) is 0 Å². The summed E-state index contributed by atoms with van der Waals surface area (Å²) in [6, 6.07) is 4.11. The molecule has 0 aliphatic heterocycles. The van der Waals surface area contributed by atoms with Crippen molar-refractivity contribution in [2.75, 3.05) is 13.1 Å². The molecular weight excluding hydrogens is 207 g/mol. The summed E-state index contributed by atoms with van der Waals surface area (Å²) in [6.45, 7) is 4.22. The summed E-state index contributed by atoms with van der Waals surface area (Å²) < 4.78 is 0. The van der Waals surface area contributed by atoms with E-state index in [-0.39, 0.29) is 24.8 Å². The van der Waals surface area contributed by atoms with Crippen LogP contribution in [0.25, 0.3) is 0 Å². The van der Waals surface area contributed by atoms with Gasteiger partial charge in [-0.2, -0.15) is 0 Å². The van der Waals surface area contributed by atoms with Gasteiger partial charge in [-0.1, -0.05) is 6.92 Å². The molecule has 2 nitrogen and oxygen atoms in total. The minimum atomic E-state index is 0. The SMILES string of the molecule is CCNCCc1ccncc1.Cl.Cl. The first-order valence-corrected chi connectivity index (χ1v) is 4.03. The first-order valence-electron chi connectivity index (χ1n) is 4.03. The Labute approximate surface area is 92.0 Å². The van der Waals surface area contributed by atoms with E-state index in [9.17, 15) is 0 Å². The first kappa shape index (κ1) is 15.2. The number of rotatable bonds is 4. The summed E-state index contributed by atoms with van der Waals surface area (Å²) in [7, 11) is 0. The molecule has 76 valence electrons. The van der Waals surface area contributed by atoms with Crippen molar-refractivity contribution in [1.29, 1.82) is 0 Å². The van der Waals surface area contributed by atoms with Gasteiger partial charge in [0.2, 0.25) is 0 Å². The quantitative estimate of drug-likeness (QED) is 0.790. The molecule has 4 heteroatoms. The summed E-state index contributed by atoms with van der Waals surface area (Å²) in [5.74, 6) is 0. The van der Waals surface area contributed by atoms with Crippen LogP contribution < -0.4 is 5.32 Å². The van der Waals surface area contributed by atoms with Crippen LogP contribution in [0, 0.1) is 0 Å². The summed E-state index contributed by atoms with van der Waals surface area (Å²) in [4.78, 5) is 3.95. The summed E-state index contributed by atoms with van der Waals surface area (Å²) in [5, 5.41) is 3.28. The lowest BCUT2D eigenvalue weighted by Crippen LogP contribution is -2.15. The number of hydrogen-bond donors (Lipinski definition) is 1. The highest BCUT2D eigenvalue weighted by atomic mass is 35.5. The smallest absolute Gasteiger partial charge is 0.0270 e. The van der Waals surface area contributed by atoms with Crippen LogP contribution in [0.1, 0.15) is 12.5 Å². The van der Waals surface area contributed by atoms with Crippen LogP contribution in [0.5, 0.6) is 0 Å². The number of nitrogens with one attached hydrogen (secondary N) is 1. The fourth-order valence-electron chi connectivity index (χ4n) is 0.959. The predicted octanol–water partition coefficient (Wildman–Crippen LogP) is 2.08. The molecule has 1 aromatic rings. The van der Waals surface area contributed by atoms with Crippen molar-refractivity contribution in [3.63, 3.8) is 0 Å². The molecule has 0 atom stereocenters. The molecule has 0 aliphatic carbocycles. The Kier molecular flexibility index (Phi) is 11.4. The second-order valence-electron chi connectivity index (χ2n) is 2.46. The standard InChI is InChI=1S/C9H14N2.2ClH/c1-2-10-6-3-9-4-7-11-8-5-9;;/h4-5,7-8,10H,2-3,6H2,1H3;2*1H. The van der Waals surface area contributed by atoms with Crippen molar-refractivity contribution in [2.45, 2.75) is 13.3 Å². The van der Waals surface area contributed by atoms with Crippen LogP contribution in [0.15, 0.2) is 24.5 Å². The number of aromatic nitrogens is 1. The van der Waals surface area contributed by atoms with Gasteiger partial charge in [0.1, 0.15) is 0 Å². The topological polar surface area (TPSA) is 24.9 Å². The van der Waals surface area contributed by atoms with E-state index in [0.717, 1.165) is 19.5 Å². The van der Waals surface area contributed by atoms with Gasteiger partial charge in [-0.25, -0.2) is 0 Å². The molecule has 13 heavy (non-hydrogen) atoms. The molecule has 0 spiro atoms. The zero-order valence-corrected chi connectivity index (χ0v) is 9.33. The highest BCUT2D eigenvalue weighted by molar-refractivity contribution is 5.85. The lowest BCUT2D eigenvalue weighted by Gasteiger charge is -2.00. The van der Waals surface area contributed by atoms with Crippen LogP contribution in [0.3, 0.4) is 0 Å². The number of likely N-dealkylation sites (N-methyl/N-ethyl adjacent to an activating group) is 1. The normalized spacial score (nSPS) is 8.38. The van der Waals surface area contributed by atoms with Crippen LogP contribution in [-0.2, 0) is 6.42 Å². The molecule has 0 saturated heterocycles. The zero-order valence-electron chi connectivity index (χ0n) is 7.69. The third kappa shape index (κ3) is 6.82. The Balaban J connectivity index is 0. The molecule has 0 radical (unpaired) electrons. The van der Waals surface area contributed by atoms with E-state index in [1.165, 1.54) is 5.56 Å². The Bertz CT molecular complexity index is 192. The molecule has 1 aromatic heterocycles. The molecule has 0 fully saturated rings. The van der Waals surface area contributed by atoms with Gasteiger partial charge in [-0.15, -0.1) is 24.8 Å². The highest BCUT2D eigenvalue weighted by Crippen LogP contribution is 1.95. The fraction of sp³-hybridized carbons (Fsp3) is 0.444. The van der Waals surface area contributed by atoms with Gasteiger partial charge in [0.15, 0.2) is 0 Å². The molecule has 0 bridgehead atoms. The molecular formula is C9H16Cl2N2. The zero-order chi connectivity index (χ0) is 7.94. The molecule has 0 aliphatic rings. The number of halogens is 2. The summed E-state index contributed by atoms with van der Waals surface area (Å²) >= 11 is 0. The lowest BCUT2D eigenvalue weighted by atomic mass is 10.2. The van der Waals surface area contributed by atoms with E-state index in [1.807, 2.05) is 12.4 Å². The Hall–Kier alpha value is -0.310. The van der Waals surface area contributed by atoms with Crippen LogP contribution in [0.2, 0.25) is 0 Å². The predicted molar refractivity (Wildman–Crippen MR) is 61.0 cm³/mol. The summed E-state index contributed by atoms with van der Waals surface area (Å²) in [6.07, 6.45) is 4.76. The van der Waals surface area contributed by atoms with Crippen LogP contribution >= 0.6 is 24.8 Å². The maximum atomic E-state index is 3.95. The Morgan fingerprint density at radius 2 is 1.85 bits per heavy atom. The molecule has 1 N–H and O–H groups in total. The molecule has 0 unspecified atom stereocenters. The maximum Gasteiger partial charge on any atom is 0.0270 e. The fourth-order valence-corrected chi connectivity index (χ4v) is 0.959. The van der Waals surface area contributed by atoms with Crippen molar-refractivity contribution < 1.29 is 0 Å². The van der Waals surface area contributed by atoms with Gasteiger partial charge in [-0.05, 0) is 37.2 Å². The largest absolute Gasteiger partial charge is 0.317 e. The van der Waals surface area contributed by atoms with E-state index < -0.39 is 0 Å². The van der Waals surface area contributed by atoms with Crippen molar-refractivity contribution >= 4 is 24.8 Å². The molecule has 0 saturated carbocycles. The van der Waals surface area contributed by atoms with Crippen LogP contribution in [-0.4, -0.2) is 18.1 Å². The number of pyridine rings is 1.